The van der Waals surface area contributed by atoms with Crippen LogP contribution in [0.5, 0.6) is 0 Å². The Kier molecular flexibility index (Phi) is 6.82. The van der Waals surface area contributed by atoms with Crippen LogP contribution in [0.3, 0.4) is 0 Å². The van der Waals surface area contributed by atoms with Crippen LogP contribution < -0.4 is 5.56 Å². The van der Waals surface area contributed by atoms with Gasteiger partial charge in [0.05, 0.1) is 12.6 Å². The van der Waals surface area contributed by atoms with Crippen LogP contribution in [-0.4, -0.2) is 73.9 Å². The molecule has 2 fully saturated rings. The van der Waals surface area contributed by atoms with Gasteiger partial charge < -0.3 is 9.72 Å². The molecule has 0 radical (unpaired) electrons. The number of aryl methyl sites for hydroxylation is 1. The minimum atomic E-state index is -0.344. The van der Waals surface area contributed by atoms with Crippen LogP contribution in [0.2, 0.25) is 0 Å². The van der Waals surface area contributed by atoms with Gasteiger partial charge in [0.2, 0.25) is 0 Å². The fraction of sp³-hybridized carbons (Fsp3) is 0.429. The molecule has 0 unspecified atom stereocenters. The predicted molar refractivity (Wildman–Crippen MR) is 141 cm³/mol. The summed E-state index contributed by atoms with van der Waals surface area (Å²) in [5.74, 6) is 0.699. The van der Waals surface area contributed by atoms with Crippen molar-refractivity contribution >= 4 is 10.9 Å². The van der Waals surface area contributed by atoms with Gasteiger partial charge in [-0.2, -0.15) is 0 Å². The number of rotatable bonds is 7. The molecule has 2 aliphatic rings. The molecule has 2 atom stereocenters. The van der Waals surface area contributed by atoms with Crippen LogP contribution in [0.15, 0.2) is 59.4 Å². The van der Waals surface area contributed by atoms with E-state index in [1.165, 1.54) is 5.56 Å². The highest BCUT2D eigenvalue weighted by Gasteiger charge is 2.33. The number of ether oxygens (including phenoxy) is 1. The van der Waals surface area contributed by atoms with Crippen LogP contribution in [0.1, 0.15) is 41.4 Å². The molecule has 6 rings (SSSR count). The Hall–Kier alpha value is -3.40. The SMILES string of the molecule is Cc1ccc2[nH]c(=O)c([C@H](c3nnnn3C[C@@H]3CCCO3)N3CCN(Cc4ccccc4)CC3)cc2c1. The number of pyridine rings is 1. The molecule has 9 nitrogen and oxygen atoms in total. The molecule has 192 valence electrons. The van der Waals surface area contributed by atoms with E-state index in [0.29, 0.717) is 17.9 Å². The highest BCUT2D eigenvalue weighted by atomic mass is 16.5. The molecule has 0 saturated carbocycles. The van der Waals surface area contributed by atoms with E-state index in [1.54, 1.807) is 0 Å². The Morgan fingerprint density at radius 1 is 1.08 bits per heavy atom. The van der Waals surface area contributed by atoms with Crippen molar-refractivity contribution in [1.82, 2.24) is 35.0 Å². The molecule has 2 aromatic carbocycles. The van der Waals surface area contributed by atoms with Crippen LogP contribution >= 0.6 is 0 Å². The normalized spacial score (nSPS) is 20.0. The lowest BCUT2D eigenvalue weighted by molar-refractivity contribution is 0.0840. The van der Waals surface area contributed by atoms with Crippen LogP contribution in [0.25, 0.3) is 10.9 Å². The zero-order valence-corrected chi connectivity index (χ0v) is 21.2. The summed E-state index contributed by atoms with van der Waals surface area (Å²) in [7, 11) is 0. The van der Waals surface area contributed by atoms with Crippen molar-refractivity contribution in [2.45, 2.75) is 45.0 Å². The molecule has 0 amide bonds. The quantitative estimate of drug-likeness (QED) is 0.418. The maximum absolute atomic E-state index is 13.5. The summed E-state index contributed by atoms with van der Waals surface area (Å²) in [5, 5.41) is 13.9. The summed E-state index contributed by atoms with van der Waals surface area (Å²) in [6, 6.07) is 18.3. The lowest BCUT2D eigenvalue weighted by atomic mass is 10.0. The summed E-state index contributed by atoms with van der Waals surface area (Å²) < 4.78 is 7.72. The minimum absolute atomic E-state index is 0.0975. The van der Waals surface area contributed by atoms with Gasteiger partial charge in [0.1, 0.15) is 6.04 Å². The van der Waals surface area contributed by atoms with Crippen molar-refractivity contribution in [2.75, 3.05) is 32.8 Å². The van der Waals surface area contributed by atoms with Gasteiger partial charge in [-0.05, 0) is 59.3 Å². The van der Waals surface area contributed by atoms with E-state index in [2.05, 4.69) is 73.6 Å². The third-order valence-electron chi connectivity index (χ3n) is 7.55. The number of nitrogens with one attached hydrogen (secondary N) is 1. The number of aromatic amines is 1. The smallest absolute Gasteiger partial charge is 0.253 e. The van der Waals surface area contributed by atoms with Gasteiger partial charge in [0.25, 0.3) is 5.56 Å². The second kappa shape index (κ2) is 10.5. The van der Waals surface area contributed by atoms with Crippen molar-refractivity contribution in [1.29, 1.82) is 0 Å². The maximum Gasteiger partial charge on any atom is 0.253 e. The minimum Gasteiger partial charge on any atom is -0.376 e. The lowest BCUT2D eigenvalue weighted by Crippen LogP contribution is -2.48. The van der Waals surface area contributed by atoms with Gasteiger partial charge in [-0.1, -0.05) is 42.0 Å². The summed E-state index contributed by atoms with van der Waals surface area (Å²) in [4.78, 5) is 21.4. The van der Waals surface area contributed by atoms with E-state index in [0.717, 1.165) is 68.6 Å². The molecule has 0 aliphatic carbocycles. The Morgan fingerprint density at radius 2 is 1.92 bits per heavy atom. The molecular weight excluding hydrogens is 466 g/mol. The molecule has 2 aliphatic heterocycles. The van der Waals surface area contributed by atoms with Crippen molar-refractivity contribution in [3.8, 4) is 0 Å². The molecule has 1 N–H and O–H groups in total. The van der Waals surface area contributed by atoms with Gasteiger partial charge in [-0.15, -0.1) is 5.10 Å². The van der Waals surface area contributed by atoms with Crippen LogP contribution in [0.4, 0.5) is 0 Å². The topological polar surface area (TPSA) is 92.2 Å². The number of benzene rings is 2. The second-order valence-corrected chi connectivity index (χ2v) is 10.2. The first-order valence-electron chi connectivity index (χ1n) is 13.2. The first kappa shape index (κ1) is 24.0. The average Bonchev–Trinajstić information content (AvgIpc) is 3.59. The number of aromatic nitrogens is 5. The highest BCUT2D eigenvalue weighted by molar-refractivity contribution is 5.79. The van der Waals surface area contributed by atoms with E-state index in [1.807, 2.05) is 22.9 Å². The molecule has 9 heteroatoms. The lowest BCUT2D eigenvalue weighted by Gasteiger charge is -2.38. The van der Waals surface area contributed by atoms with Gasteiger partial charge in [0.15, 0.2) is 5.82 Å². The fourth-order valence-electron chi connectivity index (χ4n) is 5.59. The number of tetrazole rings is 1. The van der Waals surface area contributed by atoms with Gasteiger partial charge in [0, 0.05) is 50.4 Å². The summed E-state index contributed by atoms with van der Waals surface area (Å²) in [5.41, 5.74) is 3.89. The third-order valence-corrected chi connectivity index (χ3v) is 7.55. The van der Waals surface area contributed by atoms with Gasteiger partial charge in [-0.3, -0.25) is 14.6 Å². The van der Waals surface area contributed by atoms with Gasteiger partial charge >= 0.3 is 0 Å². The molecule has 37 heavy (non-hydrogen) atoms. The second-order valence-electron chi connectivity index (χ2n) is 10.2. The molecule has 4 aromatic rings. The zero-order chi connectivity index (χ0) is 25.2. The number of piperazine rings is 1. The first-order chi connectivity index (χ1) is 18.1. The van der Waals surface area contributed by atoms with E-state index in [4.69, 9.17) is 4.74 Å². The van der Waals surface area contributed by atoms with Crippen molar-refractivity contribution in [3.63, 3.8) is 0 Å². The van der Waals surface area contributed by atoms with Crippen molar-refractivity contribution in [2.24, 2.45) is 0 Å². The Bertz CT molecular complexity index is 1400. The van der Waals surface area contributed by atoms with Crippen LogP contribution in [-0.2, 0) is 17.8 Å². The average molecular weight is 500 g/mol. The van der Waals surface area contributed by atoms with E-state index in [9.17, 15) is 4.79 Å². The number of H-pyrrole nitrogens is 1. The molecule has 2 aromatic heterocycles. The van der Waals surface area contributed by atoms with Crippen molar-refractivity contribution < 1.29 is 4.74 Å². The number of hydrogen-bond acceptors (Lipinski definition) is 7. The van der Waals surface area contributed by atoms with E-state index in [-0.39, 0.29) is 17.7 Å². The zero-order valence-electron chi connectivity index (χ0n) is 21.2. The van der Waals surface area contributed by atoms with E-state index >= 15 is 0 Å². The van der Waals surface area contributed by atoms with E-state index < -0.39 is 0 Å². The standard InChI is InChI=1S/C28H33N7O2/c1-20-9-10-25-22(16-20)17-24(28(36)29-25)26(27-30-31-32-35(27)19-23-8-5-15-37-23)34-13-11-33(12-14-34)18-21-6-3-2-4-7-21/h2-4,6-7,9-10,16-17,23,26H,5,8,11-15,18-19H2,1H3,(H,29,36)/t23-,26+/m0/s1. The first-order valence-corrected chi connectivity index (χ1v) is 13.2. The predicted octanol–water partition coefficient (Wildman–Crippen LogP) is 2.91. The molecule has 4 heterocycles. The Morgan fingerprint density at radius 3 is 2.70 bits per heavy atom. The Labute approximate surface area is 216 Å². The Balaban J connectivity index is 1.33. The molecular formula is C28H33N7O2. The van der Waals surface area contributed by atoms with Crippen LogP contribution in [0, 0.1) is 6.92 Å². The molecule has 2 saturated heterocycles. The summed E-state index contributed by atoms with van der Waals surface area (Å²) in [6.07, 6.45) is 2.15. The summed E-state index contributed by atoms with van der Waals surface area (Å²) >= 11 is 0. The largest absolute Gasteiger partial charge is 0.376 e. The number of hydrogen-bond donors (Lipinski definition) is 1. The monoisotopic (exact) mass is 499 g/mol. The third kappa shape index (κ3) is 5.20. The highest BCUT2D eigenvalue weighted by Crippen LogP contribution is 2.29. The van der Waals surface area contributed by atoms with Gasteiger partial charge in [-0.25, -0.2) is 4.68 Å². The maximum atomic E-state index is 13.5. The molecule has 0 spiro atoms. The molecule has 0 bridgehead atoms. The fourth-order valence-corrected chi connectivity index (χ4v) is 5.59. The van der Waals surface area contributed by atoms with Crippen molar-refractivity contribution in [3.05, 3.63) is 87.5 Å². The number of nitrogens with zero attached hydrogens (tertiary/aromatic N) is 6. The number of fused-ring (bicyclic) bond motifs is 1. The summed E-state index contributed by atoms with van der Waals surface area (Å²) in [6.45, 7) is 7.80.